The Balaban J connectivity index is 1.55. The number of sulfonamides is 1. The maximum Gasteiger partial charge on any atom is 0.434 e. The average molecular weight is 506 g/mol. The van der Waals surface area contributed by atoms with Crippen molar-refractivity contribution in [3.63, 3.8) is 0 Å². The number of aryl methyl sites for hydroxylation is 1. The number of nitrogens with zero attached hydrogens (tertiary/aromatic N) is 4. The van der Waals surface area contributed by atoms with E-state index in [1.54, 1.807) is 5.38 Å². The van der Waals surface area contributed by atoms with Crippen molar-refractivity contribution in [3.8, 4) is 29.0 Å². The summed E-state index contributed by atoms with van der Waals surface area (Å²) in [5, 5.41) is 11.3. The molecule has 0 atom stereocenters. The van der Waals surface area contributed by atoms with Gasteiger partial charge >= 0.3 is 6.18 Å². The monoisotopic (exact) mass is 505 g/mol. The highest BCUT2D eigenvalue weighted by Crippen LogP contribution is 2.32. The first-order chi connectivity index (χ1) is 16.1. The Kier molecular flexibility index (Phi) is 6.03. The first kappa shape index (κ1) is 23.3. The van der Waals surface area contributed by atoms with E-state index in [4.69, 9.17) is 4.74 Å². The molecule has 13 heteroatoms. The SMILES string of the molecule is Cn1cc(C(F)(F)F)nc1-c1ccc(Oc2ccc(S(=O)(=O)Nc3nccs3)cc2C#N)cc1. The molecule has 0 unspecified atom stereocenters. The number of ether oxygens (including phenoxy) is 1. The van der Waals surface area contributed by atoms with Gasteiger partial charge in [-0.1, -0.05) is 0 Å². The maximum absolute atomic E-state index is 12.9. The lowest BCUT2D eigenvalue weighted by Gasteiger charge is -2.10. The topological polar surface area (TPSA) is 110 Å². The Labute approximate surface area is 196 Å². The average Bonchev–Trinajstić information content (AvgIpc) is 3.43. The van der Waals surface area contributed by atoms with Crippen LogP contribution in [0, 0.1) is 11.3 Å². The van der Waals surface area contributed by atoms with Crippen LogP contribution in [0.25, 0.3) is 11.4 Å². The van der Waals surface area contributed by atoms with Crippen LogP contribution in [0.4, 0.5) is 18.3 Å². The van der Waals surface area contributed by atoms with E-state index in [0.29, 0.717) is 11.3 Å². The molecule has 0 spiro atoms. The molecule has 0 saturated heterocycles. The summed E-state index contributed by atoms with van der Waals surface area (Å²) >= 11 is 1.11. The van der Waals surface area contributed by atoms with Crippen LogP contribution in [-0.2, 0) is 23.2 Å². The number of nitrogens with one attached hydrogen (secondary N) is 1. The van der Waals surface area contributed by atoms with Gasteiger partial charge in [0.2, 0.25) is 0 Å². The van der Waals surface area contributed by atoms with Crippen molar-refractivity contribution in [2.75, 3.05) is 4.72 Å². The fraction of sp³-hybridized carbons (Fsp3) is 0.0952. The Hall–Kier alpha value is -3.89. The van der Waals surface area contributed by atoms with E-state index in [1.165, 1.54) is 60.3 Å². The lowest BCUT2D eigenvalue weighted by atomic mass is 10.2. The molecule has 2 aromatic heterocycles. The van der Waals surface area contributed by atoms with Crippen LogP contribution in [0.1, 0.15) is 11.3 Å². The third-order valence-corrected chi connectivity index (χ3v) is 6.70. The van der Waals surface area contributed by atoms with Gasteiger partial charge in [0.15, 0.2) is 10.8 Å². The molecule has 0 aliphatic carbocycles. The second-order valence-electron chi connectivity index (χ2n) is 6.90. The molecule has 1 N–H and O–H groups in total. The van der Waals surface area contributed by atoms with E-state index in [9.17, 15) is 26.9 Å². The molecule has 0 amide bonds. The molecule has 34 heavy (non-hydrogen) atoms. The number of halogens is 3. The van der Waals surface area contributed by atoms with Crippen molar-refractivity contribution < 1.29 is 26.3 Å². The van der Waals surface area contributed by atoms with Crippen molar-refractivity contribution in [3.05, 3.63) is 71.5 Å². The Morgan fingerprint density at radius 2 is 1.91 bits per heavy atom. The first-order valence-electron chi connectivity index (χ1n) is 9.42. The zero-order valence-electron chi connectivity index (χ0n) is 17.2. The minimum Gasteiger partial charge on any atom is -0.456 e. The van der Waals surface area contributed by atoms with Crippen molar-refractivity contribution in [2.45, 2.75) is 11.1 Å². The van der Waals surface area contributed by atoms with Gasteiger partial charge in [-0.15, -0.1) is 11.3 Å². The minimum atomic E-state index is -4.55. The summed E-state index contributed by atoms with van der Waals surface area (Å²) in [6.45, 7) is 0. The summed E-state index contributed by atoms with van der Waals surface area (Å²) in [4.78, 5) is 7.37. The molecular weight excluding hydrogens is 491 g/mol. The molecule has 8 nitrogen and oxygen atoms in total. The third-order valence-electron chi connectivity index (χ3n) is 4.54. The van der Waals surface area contributed by atoms with E-state index >= 15 is 0 Å². The second kappa shape index (κ2) is 8.81. The van der Waals surface area contributed by atoms with Crippen molar-refractivity contribution in [2.24, 2.45) is 7.05 Å². The summed E-state index contributed by atoms with van der Waals surface area (Å²) in [6.07, 6.45) is -2.20. The minimum absolute atomic E-state index is 0.0231. The highest BCUT2D eigenvalue weighted by molar-refractivity contribution is 7.93. The van der Waals surface area contributed by atoms with E-state index in [0.717, 1.165) is 17.5 Å². The molecule has 0 aliphatic heterocycles. The number of nitriles is 1. The van der Waals surface area contributed by atoms with Crippen molar-refractivity contribution in [1.29, 1.82) is 5.26 Å². The van der Waals surface area contributed by atoms with E-state index in [-0.39, 0.29) is 27.2 Å². The highest BCUT2D eigenvalue weighted by atomic mass is 32.2. The van der Waals surface area contributed by atoms with Gasteiger partial charge in [-0.3, -0.25) is 4.72 Å². The molecule has 0 radical (unpaired) electrons. The van der Waals surface area contributed by atoms with Gasteiger partial charge in [-0.25, -0.2) is 18.4 Å². The Bertz CT molecular complexity index is 1470. The molecule has 0 fully saturated rings. The standard InChI is InChI=1S/C21H14F3N5O3S2/c1-29-12-18(21(22,23)24)27-19(29)13-2-4-15(5-3-13)32-17-7-6-16(10-14(17)11-25)34(30,31)28-20-26-8-9-33-20/h2-10,12H,1H3,(H,26,28). The summed E-state index contributed by atoms with van der Waals surface area (Å²) in [5.41, 5.74) is -0.589. The van der Waals surface area contributed by atoms with Gasteiger partial charge in [-0.05, 0) is 42.5 Å². The third kappa shape index (κ3) is 4.87. The summed E-state index contributed by atoms with van der Waals surface area (Å²) in [6, 6.07) is 11.8. The lowest BCUT2D eigenvalue weighted by molar-refractivity contribution is -0.140. The van der Waals surface area contributed by atoms with E-state index in [2.05, 4.69) is 14.7 Å². The Morgan fingerprint density at radius 1 is 1.18 bits per heavy atom. The van der Waals surface area contributed by atoms with Gasteiger partial charge in [0, 0.05) is 30.4 Å². The van der Waals surface area contributed by atoms with Crippen LogP contribution in [0.5, 0.6) is 11.5 Å². The molecular formula is C21H14F3N5O3S2. The number of anilines is 1. The first-order valence-corrected chi connectivity index (χ1v) is 11.8. The molecule has 174 valence electrons. The number of hydrogen-bond acceptors (Lipinski definition) is 7. The van der Waals surface area contributed by atoms with Gasteiger partial charge in [0.1, 0.15) is 23.4 Å². The molecule has 2 aromatic carbocycles. The van der Waals surface area contributed by atoms with Crippen LogP contribution in [0.3, 0.4) is 0 Å². The number of hydrogen-bond donors (Lipinski definition) is 1. The van der Waals surface area contributed by atoms with E-state index in [1.807, 2.05) is 6.07 Å². The van der Waals surface area contributed by atoms with Gasteiger partial charge in [0.05, 0.1) is 10.5 Å². The predicted octanol–water partition coefficient (Wildman–Crippen LogP) is 5.03. The second-order valence-corrected chi connectivity index (χ2v) is 9.47. The smallest absolute Gasteiger partial charge is 0.434 e. The lowest BCUT2D eigenvalue weighted by Crippen LogP contribution is -2.13. The van der Waals surface area contributed by atoms with Crippen LogP contribution < -0.4 is 9.46 Å². The fourth-order valence-electron chi connectivity index (χ4n) is 2.97. The zero-order valence-corrected chi connectivity index (χ0v) is 18.9. The Morgan fingerprint density at radius 3 is 2.50 bits per heavy atom. The number of aromatic nitrogens is 3. The van der Waals surface area contributed by atoms with Crippen LogP contribution >= 0.6 is 11.3 Å². The van der Waals surface area contributed by atoms with Crippen LogP contribution in [0.2, 0.25) is 0 Å². The fourth-order valence-corrected chi connectivity index (χ4v) is 4.79. The van der Waals surface area contributed by atoms with Crippen molar-refractivity contribution >= 4 is 26.5 Å². The number of rotatable bonds is 6. The number of thiazole rings is 1. The predicted molar refractivity (Wildman–Crippen MR) is 118 cm³/mol. The van der Waals surface area contributed by atoms with E-state index < -0.39 is 21.9 Å². The largest absolute Gasteiger partial charge is 0.456 e. The highest BCUT2D eigenvalue weighted by Gasteiger charge is 2.34. The van der Waals surface area contributed by atoms with Crippen LogP contribution in [-0.4, -0.2) is 23.0 Å². The number of imidazole rings is 1. The molecule has 0 aliphatic rings. The van der Waals surface area contributed by atoms with Gasteiger partial charge in [0.25, 0.3) is 10.0 Å². The molecule has 0 saturated carbocycles. The normalized spacial score (nSPS) is 11.7. The van der Waals surface area contributed by atoms with Crippen molar-refractivity contribution in [1.82, 2.24) is 14.5 Å². The number of benzene rings is 2. The van der Waals surface area contributed by atoms with Gasteiger partial charge in [-0.2, -0.15) is 18.4 Å². The summed E-state index contributed by atoms with van der Waals surface area (Å²) in [7, 11) is -2.49. The maximum atomic E-state index is 12.9. The summed E-state index contributed by atoms with van der Waals surface area (Å²) in [5.74, 6) is 0.528. The molecule has 4 rings (SSSR count). The molecule has 0 bridgehead atoms. The quantitative estimate of drug-likeness (QED) is 0.394. The zero-order chi connectivity index (χ0) is 24.5. The summed E-state index contributed by atoms with van der Waals surface area (Å²) < 4.78 is 73.1. The van der Waals surface area contributed by atoms with Gasteiger partial charge < -0.3 is 9.30 Å². The molecule has 2 heterocycles. The van der Waals surface area contributed by atoms with Crippen LogP contribution in [0.15, 0.2) is 65.1 Å². The number of alkyl halides is 3. The molecule has 4 aromatic rings.